The van der Waals surface area contributed by atoms with Crippen LogP contribution in [-0.2, 0) is 0 Å². The van der Waals surface area contributed by atoms with Crippen LogP contribution in [0.15, 0.2) is 133 Å². The summed E-state index contributed by atoms with van der Waals surface area (Å²) < 4.78 is 6.51. The van der Waals surface area contributed by atoms with Crippen molar-refractivity contribution in [3.63, 3.8) is 0 Å². The minimum absolute atomic E-state index is 0.218. The van der Waals surface area contributed by atoms with Gasteiger partial charge in [0.2, 0.25) is 0 Å². The van der Waals surface area contributed by atoms with Crippen molar-refractivity contribution in [1.29, 1.82) is 0 Å². The molecule has 0 saturated carbocycles. The standard InChI is InChI=1S/C36H24N4O/c1-4-10-24(11-5-1)33-38-34(25-12-6-2-7-13-25)40-35(39-33)28-18-20-29-27(22-28)17-16-23-19-21-30-32(31(23)29)41-36(37-30)26-14-8-3-9-15-26/h1-22,36-37H. The summed E-state index contributed by atoms with van der Waals surface area (Å²) in [6.45, 7) is 0. The number of fused-ring (bicyclic) bond motifs is 5. The number of rotatable bonds is 4. The normalized spacial score (nSPS) is 14.0. The largest absolute Gasteiger partial charge is 0.464 e. The smallest absolute Gasteiger partial charge is 0.196 e. The van der Waals surface area contributed by atoms with Gasteiger partial charge in [-0.05, 0) is 28.3 Å². The number of anilines is 1. The van der Waals surface area contributed by atoms with Gasteiger partial charge < -0.3 is 10.1 Å². The number of ether oxygens (including phenoxy) is 1. The van der Waals surface area contributed by atoms with Crippen molar-refractivity contribution in [3.05, 3.63) is 139 Å². The average Bonchev–Trinajstić information content (AvgIpc) is 3.50. The Bertz CT molecular complexity index is 1990. The van der Waals surface area contributed by atoms with Gasteiger partial charge in [-0.2, -0.15) is 0 Å². The first kappa shape index (κ1) is 23.3. The van der Waals surface area contributed by atoms with E-state index in [1.807, 2.05) is 78.9 Å². The Morgan fingerprint density at radius 1 is 0.512 bits per heavy atom. The highest BCUT2D eigenvalue weighted by molar-refractivity contribution is 6.13. The zero-order chi connectivity index (χ0) is 27.2. The van der Waals surface area contributed by atoms with Crippen molar-refractivity contribution in [2.45, 2.75) is 6.23 Å². The van der Waals surface area contributed by atoms with Crippen LogP contribution < -0.4 is 10.1 Å². The fourth-order valence-corrected chi connectivity index (χ4v) is 5.50. The molecule has 0 saturated heterocycles. The van der Waals surface area contributed by atoms with E-state index in [9.17, 15) is 0 Å². The van der Waals surface area contributed by atoms with Gasteiger partial charge in [0.1, 0.15) is 0 Å². The molecule has 2 heterocycles. The van der Waals surface area contributed by atoms with Crippen molar-refractivity contribution >= 4 is 27.2 Å². The summed E-state index contributed by atoms with van der Waals surface area (Å²) >= 11 is 0. The number of hydrogen-bond acceptors (Lipinski definition) is 5. The summed E-state index contributed by atoms with van der Waals surface area (Å²) in [4.78, 5) is 14.7. The van der Waals surface area contributed by atoms with Crippen molar-refractivity contribution in [2.24, 2.45) is 0 Å². The maximum atomic E-state index is 6.51. The zero-order valence-corrected chi connectivity index (χ0v) is 22.0. The fraction of sp³-hybridized carbons (Fsp3) is 0.0278. The minimum atomic E-state index is -0.218. The Morgan fingerprint density at radius 2 is 1.07 bits per heavy atom. The van der Waals surface area contributed by atoms with Gasteiger partial charge in [-0.1, -0.05) is 121 Å². The van der Waals surface area contributed by atoms with Crippen LogP contribution in [0.2, 0.25) is 0 Å². The average molecular weight is 529 g/mol. The molecule has 1 aliphatic heterocycles. The zero-order valence-electron chi connectivity index (χ0n) is 22.0. The summed E-state index contributed by atoms with van der Waals surface area (Å²) in [7, 11) is 0. The first-order chi connectivity index (χ1) is 20.3. The fourth-order valence-electron chi connectivity index (χ4n) is 5.50. The Balaban J connectivity index is 1.26. The van der Waals surface area contributed by atoms with E-state index in [1.165, 1.54) is 0 Å². The molecular formula is C36H24N4O. The highest BCUT2D eigenvalue weighted by Crippen LogP contribution is 2.46. The third-order valence-corrected chi connectivity index (χ3v) is 7.54. The molecule has 1 aromatic heterocycles. The van der Waals surface area contributed by atoms with Gasteiger partial charge >= 0.3 is 0 Å². The highest BCUT2D eigenvalue weighted by Gasteiger charge is 2.26. The third-order valence-electron chi connectivity index (χ3n) is 7.54. The van der Waals surface area contributed by atoms with Crippen molar-refractivity contribution in [1.82, 2.24) is 15.0 Å². The Kier molecular flexibility index (Phi) is 5.45. The van der Waals surface area contributed by atoms with Crippen LogP contribution in [-0.4, -0.2) is 15.0 Å². The molecule has 8 rings (SSSR count). The lowest BCUT2D eigenvalue weighted by Gasteiger charge is -2.12. The second-order valence-electron chi connectivity index (χ2n) is 10.1. The quantitative estimate of drug-likeness (QED) is 0.232. The van der Waals surface area contributed by atoms with Crippen LogP contribution >= 0.6 is 0 Å². The number of aromatic nitrogens is 3. The van der Waals surface area contributed by atoms with E-state index in [0.29, 0.717) is 17.5 Å². The molecule has 0 fully saturated rings. The number of nitrogens with one attached hydrogen (secondary N) is 1. The van der Waals surface area contributed by atoms with E-state index in [4.69, 9.17) is 19.7 Å². The van der Waals surface area contributed by atoms with Gasteiger partial charge in [-0.3, -0.25) is 0 Å². The molecule has 0 radical (unpaired) electrons. The van der Waals surface area contributed by atoms with Crippen LogP contribution in [0.3, 0.4) is 0 Å². The van der Waals surface area contributed by atoms with Gasteiger partial charge in [0, 0.05) is 27.6 Å². The predicted molar refractivity (Wildman–Crippen MR) is 165 cm³/mol. The molecule has 0 bridgehead atoms. The SMILES string of the molecule is c1ccc(-c2nc(-c3ccccc3)nc(-c3ccc4c(ccc5ccc6c(c54)OC(c4ccccc4)N6)c3)n2)cc1. The van der Waals surface area contributed by atoms with Gasteiger partial charge in [-0.25, -0.2) is 15.0 Å². The Hall–Kier alpha value is -5.55. The lowest BCUT2D eigenvalue weighted by molar-refractivity contribution is 0.263. The van der Waals surface area contributed by atoms with Crippen LogP contribution in [0.5, 0.6) is 5.75 Å². The Morgan fingerprint density at radius 3 is 1.73 bits per heavy atom. The van der Waals surface area contributed by atoms with Gasteiger partial charge in [0.05, 0.1) is 5.69 Å². The molecule has 194 valence electrons. The topological polar surface area (TPSA) is 59.9 Å². The van der Waals surface area contributed by atoms with E-state index in [0.717, 1.165) is 55.2 Å². The van der Waals surface area contributed by atoms with Gasteiger partial charge in [-0.15, -0.1) is 0 Å². The van der Waals surface area contributed by atoms with Crippen molar-refractivity contribution in [2.75, 3.05) is 5.32 Å². The molecular weight excluding hydrogens is 504 g/mol. The number of benzene rings is 6. The molecule has 5 nitrogen and oxygen atoms in total. The van der Waals surface area contributed by atoms with Crippen molar-refractivity contribution < 1.29 is 4.74 Å². The van der Waals surface area contributed by atoms with E-state index in [-0.39, 0.29) is 6.23 Å². The maximum absolute atomic E-state index is 6.51. The second kappa shape index (κ2) is 9.57. The van der Waals surface area contributed by atoms with E-state index < -0.39 is 0 Å². The minimum Gasteiger partial charge on any atom is -0.464 e. The Labute approximate surface area is 237 Å². The molecule has 7 aromatic rings. The first-order valence-corrected chi connectivity index (χ1v) is 13.7. The molecule has 0 spiro atoms. The molecule has 1 N–H and O–H groups in total. The first-order valence-electron chi connectivity index (χ1n) is 13.7. The second-order valence-corrected chi connectivity index (χ2v) is 10.1. The monoisotopic (exact) mass is 528 g/mol. The summed E-state index contributed by atoms with van der Waals surface area (Å²) in [6, 6.07) is 45.3. The molecule has 1 aliphatic rings. The summed E-state index contributed by atoms with van der Waals surface area (Å²) in [5.41, 5.74) is 4.93. The molecule has 0 aliphatic carbocycles. The summed E-state index contributed by atoms with van der Waals surface area (Å²) in [5, 5.41) is 8.00. The molecule has 0 amide bonds. The molecule has 41 heavy (non-hydrogen) atoms. The van der Waals surface area contributed by atoms with Gasteiger partial charge in [0.15, 0.2) is 29.5 Å². The van der Waals surface area contributed by atoms with Crippen LogP contribution in [0.1, 0.15) is 11.8 Å². The number of nitrogens with zero attached hydrogens (tertiary/aromatic N) is 3. The highest BCUT2D eigenvalue weighted by atomic mass is 16.5. The van der Waals surface area contributed by atoms with E-state index in [1.54, 1.807) is 0 Å². The van der Waals surface area contributed by atoms with Crippen molar-refractivity contribution in [3.8, 4) is 39.9 Å². The molecule has 5 heteroatoms. The summed E-state index contributed by atoms with van der Waals surface area (Å²) in [5.74, 6) is 2.82. The predicted octanol–water partition coefficient (Wildman–Crippen LogP) is 8.68. The maximum Gasteiger partial charge on any atom is 0.196 e. The lowest BCUT2D eigenvalue weighted by atomic mass is 9.98. The summed E-state index contributed by atoms with van der Waals surface area (Å²) in [6.07, 6.45) is -0.218. The molecule has 1 unspecified atom stereocenters. The third kappa shape index (κ3) is 4.15. The van der Waals surface area contributed by atoms with Crippen LogP contribution in [0, 0.1) is 0 Å². The van der Waals surface area contributed by atoms with Crippen LogP contribution in [0.4, 0.5) is 5.69 Å². The lowest BCUT2D eigenvalue weighted by Crippen LogP contribution is -2.09. The number of hydrogen-bond donors (Lipinski definition) is 1. The molecule has 6 aromatic carbocycles. The van der Waals surface area contributed by atoms with E-state index in [2.05, 4.69) is 59.9 Å². The van der Waals surface area contributed by atoms with E-state index >= 15 is 0 Å². The van der Waals surface area contributed by atoms with Gasteiger partial charge in [0.25, 0.3) is 0 Å². The van der Waals surface area contributed by atoms with Crippen LogP contribution in [0.25, 0.3) is 55.7 Å². The molecule has 1 atom stereocenters.